The highest BCUT2D eigenvalue weighted by Gasteiger charge is 2.27. The van der Waals surface area contributed by atoms with Crippen LogP contribution in [0.2, 0.25) is 0 Å². The number of halogens is 1. The van der Waals surface area contributed by atoms with E-state index < -0.39 is 6.04 Å². The van der Waals surface area contributed by atoms with Gasteiger partial charge in [-0.3, -0.25) is 4.79 Å². The smallest absolute Gasteiger partial charge is 0.323 e. The predicted octanol–water partition coefficient (Wildman–Crippen LogP) is 2.28. The minimum Gasteiger partial charge on any atom is -0.460 e. The number of carbonyl (C=O) groups is 1. The number of ether oxygens (including phenoxy) is 1. The fourth-order valence-corrected chi connectivity index (χ4v) is 1.64. The van der Waals surface area contributed by atoms with Gasteiger partial charge in [-0.15, -0.1) is 12.4 Å². The van der Waals surface area contributed by atoms with Crippen molar-refractivity contribution in [2.45, 2.75) is 31.9 Å². The summed E-state index contributed by atoms with van der Waals surface area (Å²) >= 11 is 0. The van der Waals surface area contributed by atoms with E-state index in [0.29, 0.717) is 12.5 Å². The molecule has 0 heterocycles. The SMILES string of the molecule is Cl.N[C@H](CC1CC1)C(=O)OCc1ccccc1. The average Bonchev–Trinajstić information content (AvgIpc) is 3.11. The molecular formula is C13H18ClNO2. The largest absolute Gasteiger partial charge is 0.460 e. The van der Waals surface area contributed by atoms with Crippen LogP contribution in [0.15, 0.2) is 30.3 Å². The maximum Gasteiger partial charge on any atom is 0.323 e. The second-order valence-electron chi connectivity index (χ2n) is 4.38. The van der Waals surface area contributed by atoms with Crippen molar-refractivity contribution in [2.24, 2.45) is 11.7 Å². The van der Waals surface area contributed by atoms with Crippen LogP contribution in [0.4, 0.5) is 0 Å². The summed E-state index contributed by atoms with van der Waals surface area (Å²) in [6, 6.07) is 9.20. The summed E-state index contributed by atoms with van der Waals surface area (Å²) in [4.78, 5) is 11.5. The van der Waals surface area contributed by atoms with E-state index in [2.05, 4.69) is 0 Å². The van der Waals surface area contributed by atoms with Gasteiger partial charge in [0, 0.05) is 0 Å². The van der Waals surface area contributed by atoms with Crippen LogP contribution in [0.5, 0.6) is 0 Å². The minimum absolute atomic E-state index is 0. The normalized spacial score (nSPS) is 15.8. The molecule has 1 atom stereocenters. The molecule has 0 unspecified atom stereocenters. The molecule has 0 spiro atoms. The molecule has 0 aliphatic heterocycles. The van der Waals surface area contributed by atoms with Gasteiger partial charge in [-0.2, -0.15) is 0 Å². The van der Waals surface area contributed by atoms with Gasteiger partial charge >= 0.3 is 5.97 Å². The summed E-state index contributed by atoms with van der Waals surface area (Å²) in [5.74, 6) is 0.370. The molecule has 0 saturated heterocycles. The molecule has 0 radical (unpaired) electrons. The quantitative estimate of drug-likeness (QED) is 0.822. The minimum atomic E-state index is -0.448. The van der Waals surface area contributed by atoms with Crippen LogP contribution in [0, 0.1) is 5.92 Å². The summed E-state index contributed by atoms with van der Waals surface area (Å²) < 4.78 is 5.15. The van der Waals surface area contributed by atoms with E-state index in [1.807, 2.05) is 30.3 Å². The summed E-state index contributed by atoms with van der Waals surface area (Å²) in [6.45, 7) is 0.317. The van der Waals surface area contributed by atoms with Crippen LogP contribution in [0.25, 0.3) is 0 Å². The molecule has 0 amide bonds. The molecule has 17 heavy (non-hydrogen) atoms. The predicted molar refractivity (Wildman–Crippen MR) is 68.8 cm³/mol. The highest BCUT2D eigenvalue weighted by Crippen LogP contribution is 2.33. The van der Waals surface area contributed by atoms with E-state index in [1.165, 1.54) is 12.8 Å². The molecule has 2 N–H and O–H groups in total. The van der Waals surface area contributed by atoms with Crippen LogP contribution in [-0.4, -0.2) is 12.0 Å². The molecule has 0 bridgehead atoms. The first-order chi connectivity index (χ1) is 7.75. The molecule has 1 aromatic carbocycles. The summed E-state index contributed by atoms with van der Waals surface area (Å²) in [7, 11) is 0. The van der Waals surface area contributed by atoms with Crippen LogP contribution < -0.4 is 5.73 Å². The highest BCUT2D eigenvalue weighted by atomic mass is 35.5. The lowest BCUT2D eigenvalue weighted by Gasteiger charge is -2.10. The Kier molecular flexibility index (Phi) is 5.45. The Bertz CT molecular complexity index is 352. The van der Waals surface area contributed by atoms with E-state index in [1.54, 1.807) is 0 Å². The Hall–Kier alpha value is -1.06. The van der Waals surface area contributed by atoms with Crippen molar-refractivity contribution < 1.29 is 9.53 Å². The first-order valence-electron chi connectivity index (χ1n) is 5.72. The van der Waals surface area contributed by atoms with E-state index in [0.717, 1.165) is 12.0 Å². The second-order valence-corrected chi connectivity index (χ2v) is 4.38. The number of hydrogen-bond acceptors (Lipinski definition) is 3. The zero-order valence-corrected chi connectivity index (χ0v) is 10.5. The van der Waals surface area contributed by atoms with E-state index in [4.69, 9.17) is 10.5 Å². The lowest BCUT2D eigenvalue weighted by molar-refractivity contribution is -0.146. The number of carbonyl (C=O) groups excluding carboxylic acids is 1. The van der Waals surface area contributed by atoms with Crippen LogP contribution >= 0.6 is 12.4 Å². The Balaban J connectivity index is 0.00000144. The zero-order chi connectivity index (χ0) is 11.4. The van der Waals surface area contributed by atoms with E-state index in [-0.39, 0.29) is 18.4 Å². The van der Waals surface area contributed by atoms with Crippen molar-refractivity contribution in [1.29, 1.82) is 0 Å². The molecule has 94 valence electrons. The third kappa shape index (κ3) is 4.75. The molecule has 1 saturated carbocycles. The van der Waals surface area contributed by atoms with Crippen molar-refractivity contribution in [3.05, 3.63) is 35.9 Å². The first kappa shape index (κ1) is 14.0. The maximum absolute atomic E-state index is 11.5. The Labute approximate surface area is 108 Å². The molecule has 1 aliphatic carbocycles. The molecule has 3 nitrogen and oxygen atoms in total. The van der Waals surface area contributed by atoms with Gasteiger partial charge in [0.1, 0.15) is 12.6 Å². The summed E-state index contributed by atoms with van der Waals surface area (Å²) in [5.41, 5.74) is 6.74. The zero-order valence-electron chi connectivity index (χ0n) is 9.67. The van der Waals surface area contributed by atoms with Crippen LogP contribution in [0.1, 0.15) is 24.8 Å². The summed E-state index contributed by atoms with van der Waals surface area (Å²) in [6.07, 6.45) is 3.19. The number of benzene rings is 1. The molecular weight excluding hydrogens is 238 g/mol. The number of nitrogens with two attached hydrogens (primary N) is 1. The topological polar surface area (TPSA) is 52.3 Å². The van der Waals surface area contributed by atoms with Gasteiger partial charge in [0.15, 0.2) is 0 Å². The maximum atomic E-state index is 11.5. The summed E-state index contributed by atoms with van der Waals surface area (Å²) in [5, 5.41) is 0. The van der Waals surface area contributed by atoms with Gasteiger partial charge < -0.3 is 10.5 Å². The van der Waals surface area contributed by atoms with Gasteiger partial charge in [0.2, 0.25) is 0 Å². The molecule has 0 aromatic heterocycles. The number of esters is 1. The third-order valence-corrected chi connectivity index (χ3v) is 2.81. The lowest BCUT2D eigenvalue weighted by atomic mass is 10.1. The fourth-order valence-electron chi connectivity index (χ4n) is 1.64. The fraction of sp³-hybridized carbons (Fsp3) is 0.462. The molecule has 1 aliphatic rings. The number of hydrogen-bond donors (Lipinski definition) is 1. The third-order valence-electron chi connectivity index (χ3n) is 2.81. The Morgan fingerprint density at radius 3 is 2.59 bits per heavy atom. The number of rotatable bonds is 5. The first-order valence-corrected chi connectivity index (χ1v) is 5.72. The van der Waals surface area contributed by atoms with E-state index in [9.17, 15) is 4.79 Å². The van der Waals surface area contributed by atoms with Gasteiger partial charge in [0.05, 0.1) is 0 Å². The lowest BCUT2D eigenvalue weighted by Crippen LogP contribution is -2.32. The monoisotopic (exact) mass is 255 g/mol. The molecule has 4 heteroatoms. The Morgan fingerprint density at radius 1 is 1.35 bits per heavy atom. The van der Waals surface area contributed by atoms with Crippen molar-refractivity contribution in [3.8, 4) is 0 Å². The molecule has 2 rings (SSSR count). The van der Waals surface area contributed by atoms with Gasteiger partial charge in [-0.1, -0.05) is 43.2 Å². The molecule has 1 aromatic rings. The van der Waals surface area contributed by atoms with E-state index >= 15 is 0 Å². The van der Waals surface area contributed by atoms with Gasteiger partial charge in [-0.05, 0) is 17.9 Å². The highest BCUT2D eigenvalue weighted by molar-refractivity contribution is 5.85. The van der Waals surface area contributed by atoms with Crippen molar-refractivity contribution >= 4 is 18.4 Å². The van der Waals surface area contributed by atoms with Gasteiger partial charge in [-0.25, -0.2) is 0 Å². The average molecular weight is 256 g/mol. The van der Waals surface area contributed by atoms with Gasteiger partial charge in [0.25, 0.3) is 0 Å². The second kappa shape index (κ2) is 6.62. The Morgan fingerprint density at radius 2 is 2.00 bits per heavy atom. The van der Waals surface area contributed by atoms with Crippen molar-refractivity contribution in [1.82, 2.24) is 0 Å². The van der Waals surface area contributed by atoms with Crippen molar-refractivity contribution in [2.75, 3.05) is 0 Å². The van der Waals surface area contributed by atoms with Crippen LogP contribution in [0.3, 0.4) is 0 Å². The standard InChI is InChI=1S/C13H17NO2.ClH/c14-12(8-10-6-7-10)13(15)16-9-11-4-2-1-3-5-11;/h1-5,10,12H,6-9,14H2;1H/t12-;/m1./s1. The molecule has 1 fully saturated rings. The van der Waals surface area contributed by atoms with Crippen LogP contribution in [-0.2, 0) is 16.1 Å². The van der Waals surface area contributed by atoms with Crippen molar-refractivity contribution in [3.63, 3.8) is 0 Å².